The zero-order valence-electron chi connectivity index (χ0n) is 11.2. The summed E-state index contributed by atoms with van der Waals surface area (Å²) in [7, 11) is 0. The molecule has 2 atom stereocenters. The van der Waals surface area contributed by atoms with Gasteiger partial charge < -0.3 is 5.11 Å². The highest BCUT2D eigenvalue weighted by atomic mass is 32.2. The third kappa shape index (κ3) is 3.73. The van der Waals surface area contributed by atoms with Crippen LogP contribution in [0.4, 0.5) is 0 Å². The zero-order valence-corrected chi connectivity index (χ0v) is 12.0. The number of thioether (sulfide) groups is 1. The van der Waals surface area contributed by atoms with E-state index in [0.717, 1.165) is 18.4 Å². The molecule has 0 bridgehead atoms. The topological polar surface area (TPSA) is 56.0 Å². The van der Waals surface area contributed by atoms with Crippen LogP contribution in [0.15, 0.2) is 30.3 Å². The Kier molecular flexibility index (Phi) is 4.87. The van der Waals surface area contributed by atoms with Crippen LogP contribution in [-0.4, -0.2) is 28.8 Å². The Bertz CT molecular complexity index is 441. The van der Waals surface area contributed by atoms with Gasteiger partial charge in [0.25, 0.3) is 0 Å². The fourth-order valence-electron chi connectivity index (χ4n) is 1.96. The van der Waals surface area contributed by atoms with E-state index in [0.29, 0.717) is 11.8 Å². The van der Waals surface area contributed by atoms with Gasteiger partial charge in [0.2, 0.25) is 0 Å². The number of hydrogen-bond donors (Lipinski definition) is 2. The lowest BCUT2D eigenvalue weighted by Gasteiger charge is -2.29. The molecule has 2 rings (SSSR count). The molecule has 0 amide bonds. The maximum atomic E-state index is 9.70. The molecular formula is C15H20N2OS. The zero-order chi connectivity index (χ0) is 13.7. The van der Waals surface area contributed by atoms with E-state index in [4.69, 9.17) is 5.11 Å². The second-order valence-corrected chi connectivity index (χ2v) is 6.53. The Balaban J connectivity index is 2.18. The molecule has 19 heavy (non-hydrogen) atoms. The number of rotatable bonds is 7. The highest BCUT2D eigenvalue weighted by Crippen LogP contribution is 2.32. The number of aliphatic hydroxyl groups excluding tert-OH is 1. The molecule has 1 fully saturated rings. The van der Waals surface area contributed by atoms with Gasteiger partial charge in [-0.15, -0.1) is 0 Å². The van der Waals surface area contributed by atoms with Crippen molar-refractivity contribution in [2.24, 2.45) is 0 Å². The Morgan fingerprint density at radius 3 is 2.68 bits per heavy atom. The van der Waals surface area contributed by atoms with Crippen LogP contribution < -0.4 is 5.32 Å². The summed E-state index contributed by atoms with van der Waals surface area (Å²) >= 11 is 1.64. The molecule has 1 aliphatic rings. The van der Waals surface area contributed by atoms with E-state index in [-0.39, 0.29) is 11.9 Å². The summed E-state index contributed by atoms with van der Waals surface area (Å²) in [6.07, 6.45) is 2.30. The first kappa shape index (κ1) is 14.4. The molecule has 1 aromatic carbocycles. The highest BCUT2D eigenvalue weighted by Gasteiger charge is 2.38. The first-order valence-electron chi connectivity index (χ1n) is 6.67. The predicted octanol–water partition coefficient (Wildman–Crippen LogP) is 2.27. The van der Waals surface area contributed by atoms with Crippen molar-refractivity contribution in [3.8, 4) is 6.07 Å². The monoisotopic (exact) mass is 276 g/mol. The van der Waals surface area contributed by atoms with E-state index >= 15 is 0 Å². The number of nitrogens with zero attached hydrogens (tertiary/aromatic N) is 1. The molecular weight excluding hydrogens is 256 g/mol. The van der Waals surface area contributed by atoms with Crippen molar-refractivity contribution >= 4 is 11.8 Å². The van der Waals surface area contributed by atoms with Crippen molar-refractivity contribution in [1.82, 2.24) is 5.32 Å². The Morgan fingerprint density at radius 1 is 1.47 bits per heavy atom. The molecule has 0 radical (unpaired) electrons. The van der Waals surface area contributed by atoms with E-state index in [1.165, 1.54) is 0 Å². The minimum absolute atomic E-state index is 0.143. The van der Waals surface area contributed by atoms with Gasteiger partial charge in [-0.25, -0.2) is 0 Å². The molecule has 0 saturated heterocycles. The number of aliphatic hydroxyl groups is 1. The van der Waals surface area contributed by atoms with E-state index in [1.807, 2.05) is 37.3 Å². The lowest BCUT2D eigenvalue weighted by molar-refractivity contribution is 0.299. The summed E-state index contributed by atoms with van der Waals surface area (Å²) in [5.41, 5.74) is 0.373. The first-order chi connectivity index (χ1) is 9.20. The quantitative estimate of drug-likeness (QED) is 0.802. The van der Waals surface area contributed by atoms with Crippen molar-refractivity contribution in [2.45, 2.75) is 36.6 Å². The predicted molar refractivity (Wildman–Crippen MR) is 78.9 cm³/mol. The Labute approximate surface area is 119 Å². The van der Waals surface area contributed by atoms with Crippen LogP contribution >= 0.6 is 11.8 Å². The van der Waals surface area contributed by atoms with Crippen LogP contribution in [0, 0.1) is 11.3 Å². The second kappa shape index (κ2) is 6.42. The summed E-state index contributed by atoms with van der Waals surface area (Å²) in [5.74, 6) is 0.658. The summed E-state index contributed by atoms with van der Waals surface area (Å²) < 4.78 is 0. The molecule has 2 unspecified atom stereocenters. The Morgan fingerprint density at radius 2 is 2.16 bits per heavy atom. The Hall–Kier alpha value is -1.02. The fraction of sp³-hybridized carbons (Fsp3) is 0.533. The minimum atomic E-state index is -0.642. The lowest BCUT2D eigenvalue weighted by atomic mass is 9.93. The fourth-order valence-corrected chi connectivity index (χ4v) is 2.91. The van der Waals surface area contributed by atoms with Gasteiger partial charge in [0.05, 0.1) is 12.7 Å². The summed E-state index contributed by atoms with van der Waals surface area (Å²) in [5, 5.41) is 22.5. The van der Waals surface area contributed by atoms with Crippen molar-refractivity contribution in [2.75, 3.05) is 12.4 Å². The third-order valence-electron chi connectivity index (χ3n) is 3.33. The molecule has 102 valence electrons. The SMILES string of the molecule is CC(CO)SCC(C#N)(NC1CC1)c1ccccc1. The standard InChI is InChI=1S/C15H20N2OS/c1-12(9-18)19-11-15(10-16,17-14-7-8-14)13-5-3-2-4-6-13/h2-6,12,14,17-18H,7-9,11H2,1H3. The molecule has 1 saturated carbocycles. The van der Waals surface area contributed by atoms with E-state index < -0.39 is 5.54 Å². The average Bonchev–Trinajstić information content (AvgIpc) is 3.28. The van der Waals surface area contributed by atoms with Crippen molar-refractivity contribution in [3.63, 3.8) is 0 Å². The summed E-state index contributed by atoms with van der Waals surface area (Å²) in [6, 6.07) is 12.8. The lowest BCUT2D eigenvalue weighted by Crippen LogP contribution is -2.45. The highest BCUT2D eigenvalue weighted by molar-refractivity contribution is 7.99. The molecule has 2 N–H and O–H groups in total. The van der Waals surface area contributed by atoms with Crippen LogP contribution in [0.25, 0.3) is 0 Å². The van der Waals surface area contributed by atoms with Crippen molar-refractivity contribution in [3.05, 3.63) is 35.9 Å². The van der Waals surface area contributed by atoms with Crippen LogP contribution in [0.2, 0.25) is 0 Å². The van der Waals surface area contributed by atoms with Gasteiger partial charge in [0.1, 0.15) is 5.54 Å². The molecule has 4 heteroatoms. The van der Waals surface area contributed by atoms with Crippen LogP contribution in [0.3, 0.4) is 0 Å². The second-order valence-electron chi connectivity index (χ2n) is 5.11. The van der Waals surface area contributed by atoms with Gasteiger partial charge in [-0.2, -0.15) is 17.0 Å². The number of hydrogen-bond acceptors (Lipinski definition) is 4. The minimum Gasteiger partial charge on any atom is -0.395 e. The van der Waals surface area contributed by atoms with Gasteiger partial charge in [0, 0.05) is 17.0 Å². The molecule has 1 aliphatic carbocycles. The van der Waals surface area contributed by atoms with Gasteiger partial charge in [0.15, 0.2) is 0 Å². The molecule has 3 nitrogen and oxygen atoms in total. The van der Waals surface area contributed by atoms with Crippen LogP contribution in [0.1, 0.15) is 25.3 Å². The van der Waals surface area contributed by atoms with Gasteiger partial charge in [-0.05, 0) is 18.4 Å². The van der Waals surface area contributed by atoms with E-state index in [1.54, 1.807) is 11.8 Å². The van der Waals surface area contributed by atoms with Crippen molar-refractivity contribution < 1.29 is 5.11 Å². The number of benzene rings is 1. The summed E-state index contributed by atoms with van der Waals surface area (Å²) in [4.78, 5) is 0. The maximum absolute atomic E-state index is 9.70. The van der Waals surface area contributed by atoms with Crippen molar-refractivity contribution in [1.29, 1.82) is 5.26 Å². The third-order valence-corrected chi connectivity index (χ3v) is 4.64. The van der Waals surface area contributed by atoms with Crippen LogP contribution in [-0.2, 0) is 5.54 Å². The molecule has 0 aromatic heterocycles. The maximum Gasteiger partial charge on any atom is 0.141 e. The number of nitrogens with one attached hydrogen (secondary N) is 1. The first-order valence-corrected chi connectivity index (χ1v) is 7.72. The molecule has 0 spiro atoms. The smallest absolute Gasteiger partial charge is 0.141 e. The normalized spacial score (nSPS) is 19.4. The van der Waals surface area contributed by atoms with E-state index in [2.05, 4.69) is 11.4 Å². The molecule has 0 heterocycles. The molecule has 1 aromatic rings. The molecule has 0 aliphatic heterocycles. The average molecular weight is 276 g/mol. The largest absolute Gasteiger partial charge is 0.395 e. The van der Waals surface area contributed by atoms with Gasteiger partial charge in [-0.1, -0.05) is 37.3 Å². The van der Waals surface area contributed by atoms with E-state index in [9.17, 15) is 5.26 Å². The number of nitriles is 1. The van der Waals surface area contributed by atoms with Gasteiger partial charge >= 0.3 is 0 Å². The van der Waals surface area contributed by atoms with Gasteiger partial charge in [-0.3, -0.25) is 5.32 Å². The van der Waals surface area contributed by atoms with Crippen LogP contribution in [0.5, 0.6) is 0 Å². The summed E-state index contributed by atoms with van der Waals surface area (Å²) in [6.45, 7) is 2.12.